The normalized spacial score (nSPS) is 30.4. The van der Waals surface area contributed by atoms with Gasteiger partial charge in [0.1, 0.15) is 0 Å². The Labute approximate surface area is 234 Å². The van der Waals surface area contributed by atoms with Crippen molar-refractivity contribution in [3.63, 3.8) is 0 Å². The minimum atomic E-state index is 0. The van der Waals surface area contributed by atoms with Crippen LogP contribution in [0.15, 0.2) is 42.5 Å². The van der Waals surface area contributed by atoms with Crippen molar-refractivity contribution in [2.24, 2.45) is 35.5 Å². The van der Waals surface area contributed by atoms with E-state index in [-0.39, 0.29) is 1.43 Å². The number of hydrogen-bond donors (Lipinski definition) is 0. The third kappa shape index (κ3) is 6.81. The number of carbonyl (C=O) groups excluding carboxylic acids is 1. The van der Waals surface area contributed by atoms with Crippen LogP contribution in [0.3, 0.4) is 0 Å². The van der Waals surface area contributed by atoms with E-state index in [0.29, 0.717) is 24.0 Å². The van der Waals surface area contributed by atoms with E-state index >= 15 is 0 Å². The van der Waals surface area contributed by atoms with Crippen molar-refractivity contribution in [3.8, 4) is 0 Å². The Morgan fingerprint density at radius 2 is 1.63 bits per heavy atom. The van der Waals surface area contributed by atoms with Crippen molar-refractivity contribution >= 4 is 5.78 Å². The number of aryl methyl sites for hydroxylation is 2. The molecule has 0 N–H and O–H groups in total. The van der Waals surface area contributed by atoms with Crippen molar-refractivity contribution in [1.29, 1.82) is 0 Å². The lowest BCUT2D eigenvalue weighted by Crippen LogP contribution is -2.24. The monoisotopic (exact) mass is 514 g/mol. The number of benzene rings is 2. The fraction of sp³-hybridized carbons (Fsp3) is 0.649. The maximum absolute atomic E-state index is 13.2. The van der Waals surface area contributed by atoms with Crippen LogP contribution in [-0.2, 0) is 19.3 Å². The molecule has 0 spiro atoms. The van der Waals surface area contributed by atoms with Gasteiger partial charge in [0.05, 0.1) is 0 Å². The smallest absolute Gasteiger partial charge is 0.163 e. The van der Waals surface area contributed by atoms with Crippen molar-refractivity contribution in [3.05, 3.63) is 70.3 Å². The molecule has 38 heavy (non-hydrogen) atoms. The summed E-state index contributed by atoms with van der Waals surface area (Å²) in [6.45, 7) is 9.78. The number of rotatable bonds is 8. The molecular formula is C37H54O. The molecule has 0 aliphatic heterocycles. The van der Waals surface area contributed by atoms with Crippen LogP contribution in [0.25, 0.3) is 0 Å². The van der Waals surface area contributed by atoms with E-state index in [0.717, 1.165) is 60.8 Å². The third-order valence-corrected chi connectivity index (χ3v) is 10.9. The highest BCUT2D eigenvalue weighted by Crippen LogP contribution is 2.42. The lowest BCUT2D eigenvalue weighted by Gasteiger charge is -2.36. The van der Waals surface area contributed by atoms with Gasteiger partial charge in [-0.2, -0.15) is 0 Å². The van der Waals surface area contributed by atoms with Gasteiger partial charge in [-0.25, -0.2) is 0 Å². The Morgan fingerprint density at radius 1 is 0.895 bits per heavy atom. The average molecular weight is 515 g/mol. The summed E-state index contributed by atoms with van der Waals surface area (Å²) in [4.78, 5) is 13.2. The second-order valence-electron chi connectivity index (χ2n) is 14.0. The molecule has 3 unspecified atom stereocenters. The van der Waals surface area contributed by atoms with Gasteiger partial charge in [-0.15, -0.1) is 0 Å². The number of hydrogen-bond acceptors (Lipinski definition) is 1. The van der Waals surface area contributed by atoms with Crippen molar-refractivity contribution in [1.82, 2.24) is 0 Å². The van der Waals surface area contributed by atoms with Gasteiger partial charge in [0.25, 0.3) is 0 Å². The topological polar surface area (TPSA) is 17.1 Å². The lowest BCUT2D eigenvalue weighted by atomic mass is 9.70. The van der Waals surface area contributed by atoms with Gasteiger partial charge in [0.2, 0.25) is 0 Å². The third-order valence-electron chi connectivity index (χ3n) is 10.9. The van der Waals surface area contributed by atoms with Gasteiger partial charge >= 0.3 is 0 Å². The molecule has 0 bridgehead atoms. The van der Waals surface area contributed by atoms with E-state index in [1.165, 1.54) is 62.5 Å². The Morgan fingerprint density at radius 3 is 2.37 bits per heavy atom. The van der Waals surface area contributed by atoms with E-state index in [4.69, 9.17) is 0 Å². The molecule has 2 aromatic carbocycles. The second kappa shape index (κ2) is 12.5. The minimum Gasteiger partial charge on any atom is -0.294 e. The molecule has 0 heterocycles. The van der Waals surface area contributed by atoms with Crippen LogP contribution in [0.4, 0.5) is 0 Å². The summed E-state index contributed by atoms with van der Waals surface area (Å²) in [7, 11) is 0. The van der Waals surface area contributed by atoms with E-state index in [1.54, 1.807) is 11.1 Å². The number of ketones is 1. The van der Waals surface area contributed by atoms with E-state index in [1.807, 2.05) is 0 Å². The highest BCUT2D eigenvalue weighted by atomic mass is 16.1. The molecule has 2 fully saturated rings. The summed E-state index contributed by atoms with van der Waals surface area (Å²) in [5.41, 5.74) is 6.88. The van der Waals surface area contributed by atoms with Crippen LogP contribution in [0.2, 0.25) is 0 Å². The number of fused-ring (bicyclic) bond motifs is 1. The van der Waals surface area contributed by atoms with Gasteiger partial charge in [0.15, 0.2) is 5.78 Å². The van der Waals surface area contributed by atoms with Gasteiger partial charge < -0.3 is 0 Å². The molecule has 2 saturated carbocycles. The SMILES string of the molecule is CC1CC(C)CC([C@H](C)c2ccc3c(c2)CC[C@H](CC(=O)c2ccc(CC[C@@H]4CCCCC4C)cc2)C3)C1.[HH]. The zero-order valence-corrected chi connectivity index (χ0v) is 24.7. The van der Waals surface area contributed by atoms with Crippen LogP contribution in [0, 0.1) is 35.5 Å². The van der Waals surface area contributed by atoms with E-state index in [9.17, 15) is 4.79 Å². The fourth-order valence-electron chi connectivity index (χ4n) is 8.41. The highest BCUT2D eigenvalue weighted by Gasteiger charge is 2.29. The molecule has 208 valence electrons. The van der Waals surface area contributed by atoms with Gasteiger partial charge in [-0.05, 0) is 115 Å². The first-order chi connectivity index (χ1) is 18.4. The standard InChI is InChI=1S/C37H52O.H2/c1-25-19-26(2)21-36(20-25)28(4)33-17-18-34-22-30(12-16-35(34)24-33)23-37(38)32-14-10-29(11-15-32)9-13-31-8-6-5-7-27(31)3;/h10-11,14-15,17-18,24-28,30-31,36H,5-9,12-13,16,19-23H2,1-4H3;1H/t25?,26?,27?,28-,30+,31+,36?;/m1./s1. The molecular weight excluding hydrogens is 460 g/mol. The number of Topliss-reactive ketones (excluding diaryl/α,β-unsaturated/α-hetero) is 1. The average Bonchev–Trinajstić information content (AvgIpc) is 2.91. The predicted molar refractivity (Wildman–Crippen MR) is 163 cm³/mol. The summed E-state index contributed by atoms with van der Waals surface area (Å²) in [5.74, 6) is 5.78. The van der Waals surface area contributed by atoms with Crippen LogP contribution >= 0.6 is 0 Å². The van der Waals surface area contributed by atoms with Crippen molar-refractivity contribution < 1.29 is 6.22 Å². The fourth-order valence-corrected chi connectivity index (χ4v) is 8.41. The highest BCUT2D eigenvalue weighted by molar-refractivity contribution is 5.96. The van der Waals surface area contributed by atoms with Crippen LogP contribution < -0.4 is 0 Å². The summed E-state index contributed by atoms with van der Waals surface area (Å²) in [6, 6.07) is 16.0. The molecule has 3 aliphatic rings. The molecule has 5 rings (SSSR count). The zero-order valence-electron chi connectivity index (χ0n) is 24.7. The Hall–Kier alpha value is -1.89. The maximum Gasteiger partial charge on any atom is 0.163 e. The zero-order chi connectivity index (χ0) is 26.6. The van der Waals surface area contributed by atoms with Gasteiger partial charge in [-0.1, -0.05) is 95.8 Å². The van der Waals surface area contributed by atoms with Crippen molar-refractivity contribution in [2.45, 2.75) is 117 Å². The van der Waals surface area contributed by atoms with Crippen molar-refractivity contribution in [2.75, 3.05) is 0 Å². The Bertz CT molecular complexity index is 1060. The predicted octanol–water partition coefficient (Wildman–Crippen LogP) is 10.2. The summed E-state index contributed by atoms with van der Waals surface area (Å²) in [6.07, 6.45) is 16.3. The molecule has 1 nitrogen and oxygen atoms in total. The summed E-state index contributed by atoms with van der Waals surface area (Å²) < 4.78 is 0. The van der Waals surface area contributed by atoms with Crippen LogP contribution in [0.5, 0.6) is 0 Å². The van der Waals surface area contributed by atoms with Crippen LogP contribution in [0.1, 0.15) is 132 Å². The molecule has 0 amide bonds. The Balaban J connectivity index is 0.00000353. The largest absolute Gasteiger partial charge is 0.294 e. The lowest BCUT2D eigenvalue weighted by molar-refractivity contribution is 0.0957. The summed E-state index contributed by atoms with van der Waals surface area (Å²) in [5, 5.41) is 0. The summed E-state index contributed by atoms with van der Waals surface area (Å²) >= 11 is 0. The number of carbonyl (C=O) groups is 1. The van der Waals surface area contributed by atoms with E-state index in [2.05, 4.69) is 70.2 Å². The van der Waals surface area contributed by atoms with E-state index < -0.39 is 0 Å². The maximum atomic E-state index is 13.2. The first-order valence-corrected chi connectivity index (χ1v) is 16.1. The van der Waals surface area contributed by atoms with Gasteiger partial charge in [-0.3, -0.25) is 4.79 Å². The second-order valence-corrected chi connectivity index (χ2v) is 14.0. The first-order valence-electron chi connectivity index (χ1n) is 16.1. The molecule has 2 aromatic rings. The molecule has 0 saturated heterocycles. The quantitative estimate of drug-likeness (QED) is 0.320. The van der Waals surface area contributed by atoms with Gasteiger partial charge in [0, 0.05) is 13.4 Å². The molecule has 1 heteroatoms. The molecule has 6 atom stereocenters. The minimum absolute atomic E-state index is 0. The first kappa shape index (κ1) is 27.7. The molecule has 0 aromatic heterocycles. The Kier molecular flexibility index (Phi) is 9.12. The molecule has 3 aliphatic carbocycles. The van der Waals surface area contributed by atoms with Crippen LogP contribution in [-0.4, -0.2) is 5.78 Å². The molecule has 0 radical (unpaired) electrons.